The van der Waals surface area contributed by atoms with Crippen molar-refractivity contribution >= 4 is 15.9 Å². The minimum absolute atomic E-state index is 0.527. The molecule has 0 bridgehead atoms. The molecule has 0 amide bonds. The molecule has 2 aromatic rings. The highest BCUT2D eigenvalue weighted by Crippen LogP contribution is 2.31. The van der Waals surface area contributed by atoms with E-state index in [0.29, 0.717) is 11.8 Å². The summed E-state index contributed by atoms with van der Waals surface area (Å²) in [5.74, 6) is 2.66. The zero-order valence-corrected chi connectivity index (χ0v) is 13.5. The van der Waals surface area contributed by atoms with Crippen LogP contribution >= 0.6 is 15.9 Å². The van der Waals surface area contributed by atoms with Crippen LogP contribution in [0.2, 0.25) is 0 Å². The van der Waals surface area contributed by atoms with Gasteiger partial charge in [0, 0.05) is 10.9 Å². The predicted molar refractivity (Wildman–Crippen MR) is 83.3 cm³/mol. The zero-order valence-electron chi connectivity index (χ0n) is 11.9. The number of benzene rings is 1. The van der Waals surface area contributed by atoms with Crippen molar-refractivity contribution in [2.24, 2.45) is 5.92 Å². The van der Waals surface area contributed by atoms with Crippen molar-refractivity contribution < 1.29 is 9.26 Å². The number of piperidine rings is 1. The fraction of sp³-hybridized carbons (Fsp3) is 0.467. The Morgan fingerprint density at radius 2 is 2.38 bits per heavy atom. The summed E-state index contributed by atoms with van der Waals surface area (Å²) in [4.78, 5) is 4.52. The smallest absolute Gasteiger partial charge is 0.259 e. The van der Waals surface area contributed by atoms with E-state index in [1.807, 2.05) is 18.2 Å². The van der Waals surface area contributed by atoms with Crippen LogP contribution in [0, 0.1) is 5.92 Å². The lowest BCUT2D eigenvalue weighted by Gasteiger charge is -2.20. The van der Waals surface area contributed by atoms with E-state index in [2.05, 4.69) is 31.4 Å². The third kappa shape index (κ3) is 3.44. The van der Waals surface area contributed by atoms with Crippen LogP contribution in [-0.4, -0.2) is 30.3 Å². The molecule has 1 unspecified atom stereocenters. The van der Waals surface area contributed by atoms with E-state index < -0.39 is 0 Å². The van der Waals surface area contributed by atoms with Crippen LogP contribution in [0.25, 0.3) is 11.5 Å². The molecule has 0 saturated carbocycles. The van der Waals surface area contributed by atoms with Crippen molar-refractivity contribution in [2.45, 2.75) is 19.3 Å². The van der Waals surface area contributed by atoms with Crippen LogP contribution in [0.4, 0.5) is 0 Å². The number of rotatable bonds is 4. The van der Waals surface area contributed by atoms with Gasteiger partial charge in [0.05, 0.1) is 12.7 Å². The number of halogens is 1. The number of nitrogens with zero attached hydrogens (tertiary/aromatic N) is 2. The first-order valence-corrected chi connectivity index (χ1v) is 7.93. The summed E-state index contributed by atoms with van der Waals surface area (Å²) < 4.78 is 11.6. The van der Waals surface area contributed by atoms with Gasteiger partial charge in [0.15, 0.2) is 5.82 Å². The molecule has 1 aromatic heterocycles. The van der Waals surface area contributed by atoms with E-state index >= 15 is 0 Å². The Labute approximate surface area is 132 Å². The Hall–Kier alpha value is -1.40. The third-order valence-electron chi connectivity index (χ3n) is 3.74. The number of methoxy groups -OCH3 is 1. The van der Waals surface area contributed by atoms with Crippen molar-refractivity contribution in [1.29, 1.82) is 0 Å². The summed E-state index contributed by atoms with van der Waals surface area (Å²) in [6.07, 6.45) is 3.30. The van der Waals surface area contributed by atoms with Gasteiger partial charge in [-0.2, -0.15) is 4.98 Å². The number of nitrogens with one attached hydrogen (secondary N) is 1. The first kappa shape index (κ1) is 14.5. The quantitative estimate of drug-likeness (QED) is 0.917. The summed E-state index contributed by atoms with van der Waals surface area (Å²) in [6, 6.07) is 5.70. The van der Waals surface area contributed by atoms with Gasteiger partial charge in [-0.25, -0.2) is 0 Å². The highest BCUT2D eigenvalue weighted by atomic mass is 79.9. The van der Waals surface area contributed by atoms with E-state index in [9.17, 15) is 0 Å². The molecule has 1 fully saturated rings. The van der Waals surface area contributed by atoms with Crippen LogP contribution in [0.5, 0.6) is 5.75 Å². The molecule has 6 heteroatoms. The summed E-state index contributed by atoms with van der Waals surface area (Å²) in [5, 5.41) is 7.52. The number of aromatic nitrogens is 2. The molecular weight excluding hydrogens is 334 g/mol. The number of hydrogen-bond acceptors (Lipinski definition) is 5. The molecule has 0 radical (unpaired) electrons. The summed E-state index contributed by atoms with van der Waals surface area (Å²) in [7, 11) is 1.64. The topological polar surface area (TPSA) is 60.2 Å². The molecule has 5 nitrogen and oxygen atoms in total. The van der Waals surface area contributed by atoms with Gasteiger partial charge in [-0.1, -0.05) is 5.16 Å². The predicted octanol–water partition coefficient (Wildman–Crippen LogP) is 3.05. The van der Waals surface area contributed by atoms with Gasteiger partial charge in [0.2, 0.25) is 0 Å². The van der Waals surface area contributed by atoms with Gasteiger partial charge in [-0.3, -0.25) is 0 Å². The van der Waals surface area contributed by atoms with Gasteiger partial charge < -0.3 is 14.6 Å². The van der Waals surface area contributed by atoms with Gasteiger partial charge in [-0.15, -0.1) is 0 Å². The maximum absolute atomic E-state index is 5.41. The summed E-state index contributed by atoms with van der Waals surface area (Å²) in [6.45, 7) is 2.15. The van der Waals surface area contributed by atoms with E-state index in [0.717, 1.165) is 41.1 Å². The van der Waals surface area contributed by atoms with Gasteiger partial charge in [0.1, 0.15) is 5.75 Å². The van der Waals surface area contributed by atoms with Crippen LogP contribution in [-0.2, 0) is 6.42 Å². The van der Waals surface area contributed by atoms with Gasteiger partial charge in [0.25, 0.3) is 5.89 Å². The minimum atomic E-state index is 0.527. The molecule has 1 atom stereocenters. The minimum Gasteiger partial charge on any atom is -0.497 e. The monoisotopic (exact) mass is 351 g/mol. The molecule has 1 aliphatic rings. The fourth-order valence-electron chi connectivity index (χ4n) is 2.60. The van der Waals surface area contributed by atoms with Gasteiger partial charge >= 0.3 is 0 Å². The molecule has 0 spiro atoms. The molecule has 1 aliphatic heterocycles. The molecule has 0 aliphatic carbocycles. The molecule has 1 N–H and O–H groups in total. The van der Waals surface area contributed by atoms with Crippen LogP contribution < -0.4 is 10.1 Å². The highest BCUT2D eigenvalue weighted by molar-refractivity contribution is 9.10. The van der Waals surface area contributed by atoms with Crippen molar-refractivity contribution in [3.8, 4) is 17.2 Å². The molecule has 21 heavy (non-hydrogen) atoms. The Kier molecular flexibility index (Phi) is 4.55. The molecule has 1 saturated heterocycles. The Morgan fingerprint density at radius 1 is 1.48 bits per heavy atom. The van der Waals surface area contributed by atoms with Crippen molar-refractivity contribution in [3.63, 3.8) is 0 Å². The van der Waals surface area contributed by atoms with Crippen LogP contribution in [0.1, 0.15) is 18.7 Å². The largest absolute Gasteiger partial charge is 0.497 e. The SMILES string of the molecule is COc1ccc(Br)c(-c2nc(CC3CCCNC3)no2)c1. The Balaban J connectivity index is 1.77. The second-order valence-corrected chi connectivity index (χ2v) is 6.13. The average molecular weight is 352 g/mol. The first-order valence-electron chi connectivity index (χ1n) is 7.13. The molecule has 1 aromatic carbocycles. The molecular formula is C15H18BrN3O2. The van der Waals surface area contributed by atoms with Crippen molar-refractivity contribution in [1.82, 2.24) is 15.5 Å². The first-order chi connectivity index (χ1) is 10.3. The molecule has 112 valence electrons. The van der Waals surface area contributed by atoms with Crippen LogP contribution in [0.15, 0.2) is 27.2 Å². The van der Waals surface area contributed by atoms with Gasteiger partial charge in [-0.05, 0) is 66.0 Å². The normalized spacial score (nSPS) is 18.7. The average Bonchev–Trinajstić information content (AvgIpc) is 2.97. The number of hydrogen-bond donors (Lipinski definition) is 1. The number of ether oxygens (including phenoxy) is 1. The fourth-order valence-corrected chi connectivity index (χ4v) is 3.01. The standard InChI is InChI=1S/C15H18BrN3O2/c1-20-11-4-5-13(16)12(8-11)15-18-14(19-21-15)7-10-3-2-6-17-9-10/h4-5,8,10,17H,2-3,6-7,9H2,1H3. The van der Waals surface area contributed by atoms with Crippen LogP contribution in [0.3, 0.4) is 0 Å². The lowest BCUT2D eigenvalue weighted by atomic mass is 9.96. The lowest BCUT2D eigenvalue weighted by molar-refractivity contribution is 0.359. The van der Waals surface area contributed by atoms with Crippen molar-refractivity contribution in [2.75, 3.05) is 20.2 Å². The molecule has 2 heterocycles. The second-order valence-electron chi connectivity index (χ2n) is 5.28. The van der Waals surface area contributed by atoms with E-state index in [-0.39, 0.29) is 0 Å². The molecule has 3 rings (SSSR count). The van der Waals surface area contributed by atoms with E-state index in [1.165, 1.54) is 12.8 Å². The summed E-state index contributed by atoms with van der Waals surface area (Å²) >= 11 is 3.51. The second kappa shape index (κ2) is 6.58. The lowest BCUT2D eigenvalue weighted by Crippen LogP contribution is -2.31. The maximum Gasteiger partial charge on any atom is 0.259 e. The zero-order chi connectivity index (χ0) is 14.7. The highest BCUT2D eigenvalue weighted by Gasteiger charge is 2.18. The van der Waals surface area contributed by atoms with E-state index in [1.54, 1.807) is 7.11 Å². The van der Waals surface area contributed by atoms with E-state index in [4.69, 9.17) is 9.26 Å². The Bertz CT molecular complexity index is 609. The maximum atomic E-state index is 5.41. The third-order valence-corrected chi connectivity index (χ3v) is 4.43. The Morgan fingerprint density at radius 3 is 3.14 bits per heavy atom. The summed E-state index contributed by atoms with van der Waals surface area (Å²) in [5.41, 5.74) is 0.856. The van der Waals surface area contributed by atoms with Crippen molar-refractivity contribution in [3.05, 3.63) is 28.5 Å².